The zero-order valence-electron chi connectivity index (χ0n) is 14.7. The van der Waals surface area contributed by atoms with E-state index in [9.17, 15) is 4.79 Å². The van der Waals surface area contributed by atoms with E-state index < -0.39 is 0 Å². The molecule has 3 aromatic rings. The molecule has 6 nitrogen and oxygen atoms in total. The molecule has 0 saturated carbocycles. The molecule has 1 saturated heterocycles. The van der Waals surface area contributed by atoms with Crippen LogP contribution in [0.3, 0.4) is 0 Å². The molecule has 0 N–H and O–H groups in total. The lowest BCUT2D eigenvalue weighted by Crippen LogP contribution is -2.30. The number of pyridine rings is 1. The Labute approximate surface area is 165 Å². The molecule has 7 heteroatoms. The van der Waals surface area contributed by atoms with Crippen molar-refractivity contribution in [2.45, 2.75) is 31.7 Å². The fourth-order valence-corrected chi connectivity index (χ4v) is 3.69. The summed E-state index contributed by atoms with van der Waals surface area (Å²) in [6.07, 6.45) is 6.21. The van der Waals surface area contributed by atoms with Crippen LogP contribution in [0.2, 0.25) is 0 Å². The van der Waals surface area contributed by atoms with Gasteiger partial charge in [0, 0.05) is 41.8 Å². The highest BCUT2D eigenvalue weighted by molar-refractivity contribution is 9.10. The van der Waals surface area contributed by atoms with E-state index in [1.807, 2.05) is 29.2 Å². The number of carbonyl (C=O) groups excluding carboxylic acids is 1. The second-order valence-corrected chi connectivity index (χ2v) is 7.46. The molecule has 138 valence electrons. The minimum atomic E-state index is 0.129. The fourth-order valence-electron chi connectivity index (χ4n) is 3.43. The average molecular weight is 427 g/mol. The first-order chi connectivity index (χ1) is 13.2. The number of hydrogen-bond acceptors (Lipinski definition) is 5. The molecule has 1 aliphatic rings. The Morgan fingerprint density at radius 1 is 1.19 bits per heavy atom. The van der Waals surface area contributed by atoms with Gasteiger partial charge in [-0.25, -0.2) is 0 Å². The number of hydrogen-bond donors (Lipinski definition) is 0. The zero-order valence-corrected chi connectivity index (χ0v) is 16.3. The topological polar surface area (TPSA) is 72.1 Å². The van der Waals surface area contributed by atoms with Gasteiger partial charge in [0.15, 0.2) is 0 Å². The Morgan fingerprint density at radius 3 is 2.74 bits per heavy atom. The lowest BCUT2D eigenvalue weighted by atomic mass is 10.0. The van der Waals surface area contributed by atoms with Crippen LogP contribution in [0.1, 0.15) is 36.8 Å². The summed E-state index contributed by atoms with van der Waals surface area (Å²) in [7, 11) is 0. The van der Waals surface area contributed by atoms with Gasteiger partial charge < -0.3 is 9.42 Å². The first kappa shape index (κ1) is 17.9. The summed E-state index contributed by atoms with van der Waals surface area (Å²) in [5.41, 5.74) is 2.03. The molecule has 1 amide bonds. The van der Waals surface area contributed by atoms with Crippen LogP contribution in [0.4, 0.5) is 0 Å². The number of aromatic nitrogens is 3. The van der Waals surface area contributed by atoms with Crippen molar-refractivity contribution in [1.29, 1.82) is 0 Å². The van der Waals surface area contributed by atoms with E-state index >= 15 is 0 Å². The van der Waals surface area contributed by atoms with Gasteiger partial charge in [0.1, 0.15) is 0 Å². The Hall–Kier alpha value is -2.54. The lowest BCUT2D eigenvalue weighted by Gasteiger charge is -2.25. The van der Waals surface area contributed by atoms with Crippen molar-refractivity contribution >= 4 is 21.8 Å². The smallest absolute Gasteiger partial charge is 0.227 e. The zero-order chi connectivity index (χ0) is 18.6. The third-order valence-electron chi connectivity index (χ3n) is 4.79. The summed E-state index contributed by atoms with van der Waals surface area (Å²) < 4.78 is 6.34. The van der Waals surface area contributed by atoms with Gasteiger partial charge in [0.2, 0.25) is 17.6 Å². The molecule has 1 aliphatic heterocycles. The Bertz CT molecular complexity index is 911. The third kappa shape index (κ3) is 4.08. The van der Waals surface area contributed by atoms with Crippen LogP contribution in [0.15, 0.2) is 57.8 Å². The molecule has 1 fully saturated rings. The molecule has 4 rings (SSSR count). The Morgan fingerprint density at radius 2 is 1.96 bits per heavy atom. The summed E-state index contributed by atoms with van der Waals surface area (Å²) in [5.74, 6) is 1.13. The molecular weight excluding hydrogens is 408 g/mol. The predicted octanol–water partition coefficient (Wildman–Crippen LogP) is 4.19. The van der Waals surface area contributed by atoms with Crippen LogP contribution in [-0.4, -0.2) is 32.5 Å². The molecule has 1 aromatic carbocycles. The van der Waals surface area contributed by atoms with Crippen molar-refractivity contribution in [2.24, 2.45) is 0 Å². The van der Waals surface area contributed by atoms with E-state index in [0.29, 0.717) is 24.6 Å². The predicted molar refractivity (Wildman–Crippen MR) is 104 cm³/mol. The highest BCUT2D eigenvalue weighted by Crippen LogP contribution is 2.33. The van der Waals surface area contributed by atoms with Gasteiger partial charge in [0.25, 0.3) is 0 Å². The molecular formula is C20H19BrN4O2. The molecule has 27 heavy (non-hydrogen) atoms. The number of nitrogens with zero attached hydrogens (tertiary/aromatic N) is 4. The maximum atomic E-state index is 12.8. The first-order valence-electron chi connectivity index (χ1n) is 8.98. The van der Waals surface area contributed by atoms with Crippen LogP contribution < -0.4 is 0 Å². The fraction of sp³-hybridized carbons (Fsp3) is 0.300. The SMILES string of the molecule is O=C(CCc1nc(-c2ccncc2)no1)N1CCCC1c1ccc(Br)cc1. The average Bonchev–Trinajstić information content (AvgIpc) is 3.37. The Kier molecular flexibility index (Phi) is 5.29. The number of rotatable bonds is 5. The summed E-state index contributed by atoms with van der Waals surface area (Å²) in [4.78, 5) is 23.1. The number of likely N-dealkylation sites (tertiary alicyclic amines) is 1. The molecule has 0 aliphatic carbocycles. The number of aryl methyl sites for hydroxylation is 1. The summed E-state index contributed by atoms with van der Waals surface area (Å²) in [6.45, 7) is 0.797. The van der Waals surface area contributed by atoms with Crippen LogP contribution in [0.25, 0.3) is 11.4 Å². The molecule has 2 aromatic heterocycles. The van der Waals surface area contributed by atoms with Gasteiger partial charge in [0.05, 0.1) is 6.04 Å². The number of halogens is 1. The minimum absolute atomic E-state index is 0.129. The lowest BCUT2D eigenvalue weighted by molar-refractivity contribution is -0.132. The summed E-state index contributed by atoms with van der Waals surface area (Å²) in [5, 5.41) is 3.99. The number of carbonyl (C=O) groups is 1. The van der Waals surface area contributed by atoms with Crippen molar-refractivity contribution in [3.05, 3.63) is 64.7 Å². The second-order valence-electron chi connectivity index (χ2n) is 6.54. The van der Waals surface area contributed by atoms with Crippen LogP contribution in [-0.2, 0) is 11.2 Å². The highest BCUT2D eigenvalue weighted by atomic mass is 79.9. The van der Waals surface area contributed by atoms with E-state index in [-0.39, 0.29) is 11.9 Å². The van der Waals surface area contributed by atoms with E-state index in [4.69, 9.17) is 4.52 Å². The first-order valence-corrected chi connectivity index (χ1v) is 9.78. The van der Waals surface area contributed by atoms with Gasteiger partial charge in [-0.2, -0.15) is 4.98 Å². The molecule has 1 atom stereocenters. The van der Waals surface area contributed by atoms with Crippen molar-refractivity contribution in [2.75, 3.05) is 6.54 Å². The maximum Gasteiger partial charge on any atom is 0.227 e. The second kappa shape index (κ2) is 8.00. The van der Waals surface area contributed by atoms with Gasteiger partial charge in [-0.15, -0.1) is 0 Å². The molecule has 1 unspecified atom stereocenters. The summed E-state index contributed by atoms with van der Waals surface area (Å²) in [6, 6.07) is 12.0. The Balaban J connectivity index is 1.39. The van der Waals surface area contributed by atoms with Crippen LogP contribution in [0.5, 0.6) is 0 Å². The third-order valence-corrected chi connectivity index (χ3v) is 5.32. The van der Waals surface area contributed by atoms with Gasteiger partial charge in [-0.1, -0.05) is 33.2 Å². The quantitative estimate of drug-likeness (QED) is 0.611. The van der Waals surface area contributed by atoms with Gasteiger partial charge >= 0.3 is 0 Å². The monoisotopic (exact) mass is 426 g/mol. The molecule has 0 spiro atoms. The largest absolute Gasteiger partial charge is 0.339 e. The number of amides is 1. The van der Waals surface area contributed by atoms with E-state index in [1.165, 1.54) is 5.56 Å². The highest BCUT2D eigenvalue weighted by Gasteiger charge is 2.29. The van der Waals surface area contributed by atoms with E-state index in [0.717, 1.165) is 29.4 Å². The van der Waals surface area contributed by atoms with E-state index in [2.05, 4.69) is 43.2 Å². The van der Waals surface area contributed by atoms with E-state index in [1.54, 1.807) is 12.4 Å². The van der Waals surface area contributed by atoms with Gasteiger partial charge in [-0.3, -0.25) is 9.78 Å². The van der Waals surface area contributed by atoms with Crippen molar-refractivity contribution < 1.29 is 9.32 Å². The number of benzene rings is 1. The molecule has 3 heterocycles. The van der Waals surface area contributed by atoms with Crippen molar-refractivity contribution in [3.8, 4) is 11.4 Å². The maximum absolute atomic E-state index is 12.8. The van der Waals surface area contributed by atoms with Crippen LogP contribution >= 0.6 is 15.9 Å². The van der Waals surface area contributed by atoms with Crippen molar-refractivity contribution in [3.63, 3.8) is 0 Å². The standard InChI is InChI=1S/C20H19BrN4O2/c21-16-5-3-14(4-6-16)17-2-1-13-25(17)19(26)8-7-18-23-20(24-27-18)15-9-11-22-12-10-15/h3-6,9-12,17H,1-2,7-8,13H2. The summed E-state index contributed by atoms with van der Waals surface area (Å²) >= 11 is 3.46. The minimum Gasteiger partial charge on any atom is -0.339 e. The molecule has 0 radical (unpaired) electrons. The van der Waals surface area contributed by atoms with Crippen LogP contribution in [0, 0.1) is 0 Å². The normalized spacial score (nSPS) is 16.6. The van der Waals surface area contributed by atoms with Gasteiger partial charge in [-0.05, 0) is 42.7 Å². The molecule has 0 bridgehead atoms. The van der Waals surface area contributed by atoms with Crippen molar-refractivity contribution in [1.82, 2.24) is 20.0 Å².